The number of hydrogen-bond acceptors (Lipinski definition) is 4. The maximum atomic E-state index is 12.5. The lowest BCUT2D eigenvalue weighted by Gasteiger charge is -2.12. The topological polar surface area (TPSA) is 85.9 Å². The van der Waals surface area contributed by atoms with Gasteiger partial charge in [0.05, 0.1) is 19.7 Å². The van der Waals surface area contributed by atoms with Gasteiger partial charge in [-0.15, -0.1) is 0 Å². The molecule has 0 radical (unpaired) electrons. The first-order chi connectivity index (χ1) is 15.4. The number of carbonyl (C=O) groups excluding carboxylic acids is 1. The second-order valence-corrected chi connectivity index (χ2v) is 8.88. The molecule has 0 saturated carbocycles. The van der Waals surface area contributed by atoms with Gasteiger partial charge in [-0.1, -0.05) is 35.9 Å². The van der Waals surface area contributed by atoms with E-state index in [0.29, 0.717) is 27.0 Å². The van der Waals surface area contributed by atoms with Crippen molar-refractivity contribution in [2.24, 2.45) is 0 Å². The lowest BCUT2D eigenvalue weighted by atomic mass is 10.1. The van der Waals surface area contributed by atoms with Crippen LogP contribution >= 0.6 is 38.5 Å². The molecule has 0 unspecified atom stereocenters. The zero-order chi connectivity index (χ0) is 23.1. The summed E-state index contributed by atoms with van der Waals surface area (Å²) in [5, 5.41) is 21.5. The molecular formula is C25H17BrIN3O2. The van der Waals surface area contributed by atoms with E-state index in [2.05, 4.69) is 49.9 Å². The summed E-state index contributed by atoms with van der Waals surface area (Å²) >= 11 is 5.65. The molecule has 0 saturated heterocycles. The Morgan fingerprint density at radius 1 is 1.16 bits per heavy atom. The van der Waals surface area contributed by atoms with Crippen molar-refractivity contribution in [1.82, 2.24) is 0 Å². The summed E-state index contributed by atoms with van der Waals surface area (Å²) in [4.78, 5) is 12.5. The molecule has 0 bridgehead atoms. The normalized spacial score (nSPS) is 10.7. The Morgan fingerprint density at radius 2 is 1.88 bits per heavy atom. The number of benzene rings is 3. The number of rotatable bonds is 6. The summed E-state index contributed by atoms with van der Waals surface area (Å²) in [5.74, 6) is 0.147. The highest BCUT2D eigenvalue weighted by Crippen LogP contribution is 2.33. The van der Waals surface area contributed by atoms with Gasteiger partial charge < -0.3 is 10.1 Å². The van der Waals surface area contributed by atoms with Crippen LogP contribution in [0.5, 0.6) is 5.75 Å². The van der Waals surface area contributed by atoms with Crippen molar-refractivity contribution in [3.63, 3.8) is 0 Å². The van der Waals surface area contributed by atoms with Crippen molar-refractivity contribution >= 4 is 56.2 Å². The van der Waals surface area contributed by atoms with Crippen LogP contribution < -0.4 is 10.1 Å². The highest BCUT2D eigenvalue weighted by molar-refractivity contribution is 14.1. The van der Waals surface area contributed by atoms with Gasteiger partial charge in [0.15, 0.2) is 0 Å². The van der Waals surface area contributed by atoms with E-state index in [1.807, 2.05) is 49.4 Å². The second-order valence-electron chi connectivity index (χ2n) is 6.86. The Hall–Kier alpha value is -3.14. The zero-order valence-corrected chi connectivity index (χ0v) is 20.8. The number of nitrogens with one attached hydrogen (secondary N) is 1. The number of ether oxygens (including phenoxy) is 1. The second kappa shape index (κ2) is 10.9. The van der Waals surface area contributed by atoms with Crippen molar-refractivity contribution in [3.8, 4) is 17.9 Å². The fourth-order valence-electron chi connectivity index (χ4n) is 2.86. The number of anilines is 1. The van der Waals surface area contributed by atoms with Crippen LogP contribution in [-0.4, -0.2) is 5.91 Å². The molecule has 0 atom stereocenters. The summed E-state index contributed by atoms with van der Waals surface area (Å²) in [6.07, 6.45) is 1.53. The van der Waals surface area contributed by atoms with Gasteiger partial charge in [-0.25, -0.2) is 0 Å². The summed E-state index contributed by atoms with van der Waals surface area (Å²) < 4.78 is 7.43. The highest BCUT2D eigenvalue weighted by atomic mass is 127. The molecule has 3 aromatic carbocycles. The molecule has 0 aromatic heterocycles. The minimum absolute atomic E-state index is 0.00936. The van der Waals surface area contributed by atoms with Crippen molar-refractivity contribution in [3.05, 3.63) is 96.5 Å². The minimum Gasteiger partial charge on any atom is -0.487 e. The smallest absolute Gasteiger partial charge is 0.266 e. The molecule has 7 heteroatoms. The van der Waals surface area contributed by atoms with Gasteiger partial charge in [0.2, 0.25) is 0 Å². The standard InChI is InChI=1S/C25H17BrIN3O2/c1-16-6-8-21(9-7-16)30-25(31)20(14-29)10-17-11-22(26)24(23(27)12-17)32-15-19-5-3-2-4-18(19)13-28/h2-12H,15H2,1H3,(H,30,31)/b20-10+. The van der Waals surface area contributed by atoms with Crippen LogP contribution in [0, 0.1) is 33.2 Å². The zero-order valence-electron chi connectivity index (χ0n) is 17.0. The lowest BCUT2D eigenvalue weighted by Crippen LogP contribution is -2.13. The molecule has 0 fully saturated rings. The SMILES string of the molecule is Cc1ccc(NC(=O)/C(C#N)=C/c2cc(Br)c(OCc3ccccc3C#N)c(I)c2)cc1. The molecular weight excluding hydrogens is 581 g/mol. The molecule has 0 aliphatic carbocycles. The van der Waals surface area contributed by atoms with Crippen molar-refractivity contribution < 1.29 is 9.53 Å². The molecule has 5 nitrogen and oxygen atoms in total. The summed E-state index contributed by atoms with van der Waals surface area (Å²) in [5.41, 5.74) is 3.74. The first-order valence-corrected chi connectivity index (χ1v) is 11.4. The van der Waals surface area contributed by atoms with Crippen LogP contribution in [0.15, 0.2) is 70.7 Å². The van der Waals surface area contributed by atoms with E-state index < -0.39 is 5.91 Å². The Bertz CT molecular complexity index is 1250. The number of halogens is 2. The summed E-state index contributed by atoms with van der Waals surface area (Å²) in [7, 11) is 0. The number of nitriles is 2. The number of nitrogens with zero attached hydrogens (tertiary/aromatic N) is 2. The third-order valence-electron chi connectivity index (χ3n) is 4.52. The predicted molar refractivity (Wildman–Crippen MR) is 136 cm³/mol. The first-order valence-electron chi connectivity index (χ1n) is 9.51. The van der Waals surface area contributed by atoms with Gasteiger partial charge in [0.1, 0.15) is 24.0 Å². The molecule has 0 aliphatic rings. The van der Waals surface area contributed by atoms with E-state index in [4.69, 9.17) is 4.74 Å². The maximum Gasteiger partial charge on any atom is 0.266 e. The molecule has 1 amide bonds. The monoisotopic (exact) mass is 597 g/mol. The molecule has 3 rings (SSSR count). The number of carbonyl (C=O) groups is 1. The predicted octanol–water partition coefficient (Wildman–Crippen LogP) is 6.36. The Balaban J connectivity index is 1.78. The molecule has 0 heterocycles. The third kappa shape index (κ3) is 5.97. The van der Waals surface area contributed by atoms with Crippen LogP contribution in [0.4, 0.5) is 5.69 Å². The Kier molecular flexibility index (Phi) is 8.04. The average Bonchev–Trinajstić information content (AvgIpc) is 2.78. The highest BCUT2D eigenvalue weighted by Gasteiger charge is 2.13. The van der Waals surface area contributed by atoms with Gasteiger partial charge in [-0.05, 0) is 87.4 Å². The first kappa shape index (κ1) is 23.5. The number of amides is 1. The van der Waals surface area contributed by atoms with E-state index in [0.717, 1.165) is 14.7 Å². The summed E-state index contributed by atoms with van der Waals surface area (Å²) in [6.45, 7) is 2.21. The van der Waals surface area contributed by atoms with Crippen LogP contribution in [0.1, 0.15) is 22.3 Å². The fourth-order valence-corrected chi connectivity index (χ4v) is 4.63. The minimum atomic E-state index is -0.476. The van der Waals surface area contributed by atoms with E-state index >= 15 is 0 Å². The molecule has 3 aromatic rings. The van der Waals surface area contributed by atoms with E-state index in [1.54, 1.807) is 24.3 Å². The lowest BCUT2D eigenvalue weighted by molar-refractivity contribution is -0.112. The van der Waals surface area contributed by atoms with Crippen molar-refractivity contribution in [1.29, 1.82) is 10.5 Å². The molecule has 0 aliphatic heterocycles. The van der Waals surface area contributed by atoms with Gasteiger partial charge in [0, 0.05) is 11.3 Å². The number of hydrogen-bond donors (Lipinski definition) is 1. The molecule has 1 N–H and O–H groups in total. The maximum absolute atomic E-state index is 12.5. The van der Waals surface area contributed by atoms with Gasteiger partial charge >= 0.3 is 0 Å². The van der Waals surface area contributed by atoms with E-state index in [9.17, 15) is 15.3 Å². The quantitative estimate of drug-likeness (QED) is 0.204. The average molecular weight is 598 g/mol. The van der Waals surface area contributed by atoms with Gasteiger partial charge in [0.25, 0.3) is 5.91 Å². The Labute approximate surface area is 208 Å². The number of aryl methyl sites for hydroxylation is 1. The van der Waals surface area contributed by atoms with Crippen LogP contribution in [0.25, 0.3) is 6.08 Å². The molecule has 158 valence electrons. The van der Waals surface area contributed by atoms with Crippen LogP contribution in [0.3, 0.4) is 0 Å². The van der Waals surface area contributed by atoms with Gasteiger partial charge in [-0.2, -0.15) is 10.5 Å². The Morgan fingerprint density at radius 3 is 2.53 bits per heavy atom. The van der Waals surface area contributed by atoms with Crippen LogP contribution in [0.2, 0.25) is 0 Å². The van der Waals surface area contributed by atoms with Crippen LogP contribution in [-0.2, 0) is 11.4 Å². The van der Waals surface area contributed by atoms with Crippen molar-refractivity contribution in [2.45, 2.75) is 13.5 Å². The largest absolute Gasteiger partial charge is 0.487 e. The molecule has 32 heavy (non-hydrogen) atoms. The van der Waals surface area contributed by atoms with Crippen molar-refractivity contribution in [2.75, 3.05) is 5.32 Å². The third-order valence-corrected chi connectivity index (χ3v) is 5.91. The van der Waals surface area contributed by atoms with Gasteiger partial charge in [-0.3, -0.25) is 4.79 Å². The van der Waals surface area contributed by atoms with E-state index in [-0.39, 0.29) is 12.2 Å². The summed E-state index contributed by atoms with van der Waals surface area (Å²) in [6, 6.07) is 22.4. The molecule has 0 spiro atoms. The van der Waals surface area contributed by atoms with E-state index in [1.165, 1.54) is 6.08 Å². The fraction of sp³-hybridized carbons (Fsp3) is 0.0800.